The fourth-order valence-corrected chi connectivity index (χ4v) is 11.8. The average Bonchev–Trinajstić information content (AvgIpc) is 3.42. The molecule has 2 aliphatic heterocycles. The first kappa shape index (κ1) is 29.8. The van der Waals surface area contributed by atoms with E-state index >= 15 is 0 Å². The molecular weight excluding hydrogens is 569 g/mol. The molecule has 0 fully saturated rings. The lowest BCUT2D eigenvalue weighted by molar-refractivity contribution is -0.137. The van der Waals surface area contributed by atoms with E-state index in [2.05, 4.69) is 51.3 Å². The Labute approximate surface area is 239 Å². The number of hydrogen-bond donors (Lipinski definition) is 0. The van der Waals surface area contributed by atoms with Crippen molar-refractivity contribution < 1.29 is 19.1 Å². The van der Waals surface area contributed by atoms with Crippen LogP contribution in [-0.4, -0.2) is 45.8 Å². The van der Waals surface area contributed by atoms with Gasteiger partial charge in [0.15, 0.2) is 0 Å². The van der Waals surface area contributed by atoms with Gasteiger partial charge in [-0.1, -0.05) is 37.4 Å². The zero-order valence-corrected chi connectivity index (χ0v) is 25.3. The van der Waals surface area contributed by atoms with Crippen molar-refractivity contribution in [3.05, 3.63) is 80.3 Å². The van der Waals surface area contributed by atoms with Gasteiger partial charge < -0.3 is 9.47 Å². The summed E-state index contributed by atoms with van der Waals surface area (Å²) in [7, 11) is 0. The summed E-state index contributed by atoms with van der Waals surface area (Å²) in [6.07, 6.45) is 2.41. The Balaban J connectivity index is 1.30. The number of benzene rings is 1. The number of thioether (sulfide) groups is 6. The Morgan fingerprint density at radius 1 is 0.778 bits per heavy atom. The molecule has 2 unspecified atom stereocenters. The van der Waals surface area contributed by atoms with Crippen molar-refractivity contribution in [3.8, 4) is 0 Å². The maximum Gasteiger partial charge on any atom is 0.330 e. The second kappa shape index (κ2) is 15.6. The summed E-state index contributed by atoms with van der Waals surface area (Å²) in [6, 6.07) is 8.94. The van der Waals surface area contributed by atoms with Crippen molar-refractivity contribution in [2.24, 2.45) is 0 Å². The fourth-order valence-electron chi connectivity index (χ4n) is 3.13. The summed E-state index contributed by atoms with van der Waals surface area (Å²) in [4.78, 5) is 27.4. The molecule has 0 bridgehead atoms. The van der Waals surface area contributed by atoms with Crippen molar-refractivity contribution in [2.75, 3.05) is 24.7 Å². The van der Waals surface area contributed by atoms with Crippen molar-refractivity contribution >= 4 is 82.5 Å². The van der Waals surface area contributed by atoms with Gasteiger partial charge in [-0.2, -0.15) is 23.5 Å². The number of hydrogen-bond acceptors (Lipinski definition) is 10. The van der Waals surface area contributed by atoms with E-state index in [0.29, 0.717) is 22.4 Å². The first-order valence-corrected chi connectivity index (χ1v) is 17.1. The Hall–Kier alpha value is -0.780. The van der Waals surface area contributed by atoms with Crippen LogP contribution in [0.2, 0.25) is 0 Å². The van der Waals surface area contributed by atoms with Gasteiger partial charge in [-0.3, -0.25) is 0 Å². The van der Waals surface area contributed by atoms with Gasteiger partial charge in [0.05, 0.1) is 9.16 Å². The summed E-state index contributed by atoms with van der Waals surface area (Å²) in [5.41, 5.74) is 2.68. The molecule has 10 heteroatoms. The lowest BCUT2D eigenvalue weighted by atomic mass is 10.2. The molecule has 2 heterocycles. The van der Waals surface area contributed by atoms with Crippen LogP contribution >= 0.6 is 70.6 Å². The smallest absolute Gasteiger partial charge is 0.330 e. The molecule has 0 spiro atoms. The molecule has 4 nitrogen and oxygen atoms in total. The maximum absolute atomic E-state index is 11.3. The third-order valence-corrected chi connectivity index (χ3v) is 13.8. The molecular formula is C26H30O4S6. The molecule has 36 heavy (non-hydrogen) atoms. The molecule has 0 saturated carbocycles. The first-order chi connectivity index (χ1) is 17.4. The van der Waals surface area contributed by atoms with Crippen LogP contribution in [0.1, 0.15) is 25.0 Å². The molecule has 194 valence electrons. The number of rotatable bonds is 14. The van der Waals surface area contributed by atoms with E-state index in [1.54, 1.807) is 0 Å². The van der Waals surface area contributed by atoms with Crippen LogP contribution in [0, 0.1) is 0 Å². The van der Waals surface area contributed by atoms with Gasteiger partial charge in [-0.05, 0) is 34.8 Å². The topological polar surface area (TPSA) is 52.6 Å². The van der Waals surface area contributed by atoms with Crippen LogP contribution in [0.3, 0.4) is 0 Å². The number of allylic oxidation sites excluding steroid dienone is 2. The van der Waals surface area contributed by atoms with Gasteiger partial charge in [0.2, 0.25) is 0 Å². The lowest BCUT2D eigenvalue weighted by Gasteiger charge is -2.10. The van der Waals surface area contributed by atoms with Gasteiger partial charge in [0.25, 0.3) is 0 Å². The minimum absolute atomic E-state index is 0.343. The lowest BCUT2D eigenvalue weighted by Crippen LogP contribution is -2.03. The van der Waals surface area contributed by atoms with Crippen LogP contribution in [0.15, 0.2) is 69.2 Å². The molecule has 0 N–H and O–H groups in total. The molecule has 0 saturated heterocycles. The van der Waals surface area contributed by atoms with E-state index in [1.807, 2.05) is 70.6 Å². The van der Waals surface area contributed by atoms with Gasteiger partial charge >= 0.3 is 11.9 Å². The highest BCUT2D eigenvalue weighted by Crippen LogP contribution is 2.48. The SMILES string of the molecule is C=CC(=O)OCC1=C(C)SC(CSCc2ccc(CSCC3SC(C)=C(COC(=O)C=C)S3)cc2)S1. The highest BCUT2D eigenvalue weighted by molar-refractivity contribution is 8.24. The van der Waals surface area contributed by atoms with Gasteiger partial charge in [0, 0.05) is 45.0 Å². The van der Waals surface area contributed by atoms with Crippen molar-refractivity contribution in [1.29, 1.82) is 0 Å². The molecule has 1 aromatic carbocycles. The minimum Gasteiger partial charge on any atom is -0.457 e. The highest BCUT2D eigenvalue weighted by atomic mass is 32.2. The number of esters is 2. The molecule has 1 aromatic rings. The molecule has 3 rings (SSSR count). The van der Waals surface area contributed by atoms with Gasteiger partial charge in [-0.25, -0.2) is 9.59 Å². The fraction of sp³-hybridized carbons (Fsp3) is 0.385. The van der Waals surface area contributed by atoms with Crippen LogP contribution in [0.5, 0.6) is 0 Å². The first-order valence-electron chi connectivity index (χ1n) is 11.3. The predicted molar refractivity (Wildman–Crippen MR) is 164 cm³/mol. The second-order valence-electron chi connectivity index (χ2n) is 7.76. The number of carbonyl (C=O) groups excluding carboxylic acids is 2. The standard InChI is InChI=1S/C26H30O4S6/c1-5-23(27)29-11-21-17(3)33-25(35-21)15-31-13-19-7-9-20(10-8-19)14-32-16-26-34-18(4)22(36-26)12-30-24(28)6-2/h5-10,25-26H,1-2,11-16H2,3-4H3. The average molecular weight is 599 g/mol. The van der Waals surface area contributed by atoms with Crippen LogP contribution in [0.25, 0.3) is 0 Å². The summed E-state index contributed by atoms with van der Waals surface area (Å²) >= 11 is 11.2. The molecule has 2 atom stereocenters. The quantitative estimate of drug-likeness (QED) is 0.157. The highest BCUT2D eigenvalue weighted by Gasteiger charge is 2.25. The zero-order valence-electron chi connectivity index (χ0n) is 20.4. The summed E-state index contributed by atoms with van der Waals surface area (Å²) in [6.45, 7) is 11.8. The Morgan fingerprint density at radius 2 is 1.17 bits per heavy atom. The molecule has 2 aliphatic rings. The molecule has 0 amide bonds. The monoisotopic (exact) mass is 598 g/mol. The summed E-state index contributed by atoms with van der Waals surface area (Å²) < 4.78 is 11.3. The van der Waals surface area contributed by atoms with E-state index in [0.717, 1.165) is 32.8 Å². The third-order valence-electron chi connectivity index (χ3n) is 5.04. The van der Waals surface area contributed by atoms with E-state index in [9.17, 15) is 9.59 Å². The Kier molecular flexibility index (Phi) is 12.9. The van der Waals surface area contributed by atoms with E-state index in [1.165, 1.54) is 33.1 Å². The summed E-state index contributed by atoms with van der Waals surface area (Å²) in [5.74, 6) is 3.32. The van der Waals surface area contributed by atoms with Crippen molar-refractivity contribution in [3.63, 3.8) is 0 Å². The summed E-state index contributed by atoms with van der Waals surface area (Å²) in [5, 5.41) is 0. The zero-order chi connectivity index (χ0) is 25.9. The normalized spacial score (nSPS) is 19.5. The van der Waals surface area contributed by atoms with Crippen LogP contribution in [0.4, 0.5) is 0 Å². The van der Waals surface area contributed by atoms with E-state index in [4.69, 9.17) is 9.47 Å². The molecule has 0 radical (unpaired) electrons. The Bertz CT molecular complexity index is 937. The number of carbonyl (C=O) groups is 2. The van der Waals surface area contributed by atoms with Crippen molar-refractivity contribution in [1.82, 2.24) is 0 Å². The third kappa shape index (κ3) is 9.83. The van der Waals surface area contributed by atoms with E-state index < -0.39 is 0 Å². The van der Waals surface area contributed by atoms with Crippen LogP contribution in [-0.2, 0) is 30.6 Å². The largest absolute Gasteiger partial charge is 0.457 e. The number of ether oxygens (including phenoxy) is 2. The van der Waals surface area contributed by atoms with Crippen molar-refractivity contribution in [2.45, 2.75) is 34.5 Å². The molecule has 0 aromatic heterocycles. The maximum atomic E-state index is 11.3. The van der Waals surface area contributed by atoms with Crippen LogP contribution < -0.4 is 0 Å². The molecule has 0 aliphatic carbocycles. The van der Waals surface area contributed by atoms with Gasteiger partial charge in [0.1, 0.15) is 13.2 Å². The van der Waals surface area contributed by atoms with E-state index in [-0.39, 0.29) is 11.9 Å². The Morgan fingerprint density at radius 3 is 1.53 bits per heavy atom. The predicted octanol–water partition coefficient (Wildman–Crippen LogP) is 7.69. The van der Waals surface area contributed by atoms with Gasteiger partial charge in [-0.15, -0.1) is 47.0 Å². The second-order valence-corrected chi connectivity index (χ2v) is 15.8. The minimum atomic E-state index is -0.373.